The monoisotopic (exact) mass is 408 g/mol. The van der Waals surface area contributed by atoms with Gasteiger partial charge in [-0.2, -0.15) is 0 Å². The molecule has 8 nitrogen and oxygen atoms in total. The Kier molecular flexibility index (Phi) is 5.65. The summed E-state index contributed by atoms with van der Waals surface area (Å²) in [6, 6.07) is 7.29. The van der Waals surface area contributed by atoms with Crippen LogP contribution in [-0.2, 0) is 16.0 Å². The van der Waals surface area contributed by atoms with Crippen LogP contribution in [0.5, 0.6) is 5.75 Å². The molecule has 156 valence electrons. The quantitative estimate of drug-likeness (QED) is 0.756. The van der Waals surface area contributed by atoms with E-state index in [1.54, 1.807) is 4.90 Å². The second-order valence-corrected chi connectivity index (χ2v) is 7.61. The number of aryl methyl sites for hydroxylation is 1. The molecule has 2 aliphatic heterocycles. The average Bonchev–Trinajstić information content (AvgIpc) is 2.78. The molecule has 3 N–H and O–H groups in total. The van der Waals surface area contributed by atoms with Gasteiger partial charge in [0.25, 0.3) is 0 Å². The van der Waals surface area contributed by atoms with Crippen molar-refractivity contribution in [1.82, 2.24) is 9.88 Å². The summed E-state index contributed by atoms with van der Waals surface area (Å²) in [6.45, 7) is 1.25. The maximum absolute atomic E-state index is 13.0. The Morgan fingerprint density at radius 1 is 1.13 bits per heavy atom. The largest absolute Gasteiger partial charge is 0.493 e. The van der Waals surface area contributed by atoms with Gasteiger partial charge in [0, 0.05) is 12.7 Å². The molecule has 2 aliphatic rings. The number of carbonyl (C=O) groups is 3. The molecule has 30 heavy (non-hydrogen) atoms. The minimum atomic E-state index is -0.758. The van der Waals surface area contributed by atoms with Gasteiger partial charge < -0.3 is 20.7 Å². The first-order valence-electron chi connectivity index (χ1n) is 10.2. The van der Waals surface area contributed by atoms with Crippen LogP contribution in [0.4, 0.5) is 5.69 Å². The maximum Gasteiger partial charge on any atom is 0.313 e. The summed E-state index contributed by atoms with van der Waals surface area (Å²) in [6.07, 6.45) is 7.25. The van der Waals surface area contributed by atoms with Crippen LogP contribution in [-0.4, -0.2) is 40.8 Å². The van der Waals surface area contributed by atoms with Crippen molar-refractivity contribution in [3.63, 3.8) is 0 Å². The lowest BCUT2D eigenvalue weighted by Crippen LogP contribution is -2.44. The van der Waals surface area contributed by atoms with Gasteiger partial charge in [-0.05, 0) is 55.4 Å². The number of carbonyl (C=O) groups excluding carboxylic acids is 3. The van der Waals surface area contributed by atoms with Crippen molar-refractivity contribution in [3.8, 4) is 5.75 Å². The predicted octanol–water partition coefficient (Wildman–Crippen LogP) is 2.20. The van der Waals surface area contributed by atoms with Crippen LogP contribution >= 0.6 is 0 Å². The van der Waals surface area contributed by atoms with Crippen molar-refractivity contribution in [3.05, 3.63) is 53.3 Å². The number of nitrogens with zero attached hydrogens (tertiary/aromatic N) is 2. The van der Waals surface area contributed by atoms with Crippen molar-refractivity contribution < 1.29 is 19.1 Å². The Bertz CT molecular complexity index is 991. The Hall–Kier alpha value is -3.42. The average molecular weight is 408 g/mol. The normalized spacial score (nSPS) is 18.1. The number of aromatic nitrogens is 1. The number of nitrogens with two attached hydrogens (primary N) is 1. The summed E-state index contributed by atoms with van der Waals surface area (Å²) in [5.41, 5.74) is 7.83. The van der Waals surface area contributed by atoms with E-state index in [-0.39, 0.29) is 17.3 Å². The van der Waals surface area contributed by atoms with Crippen LogP contribution in [0, 0.1) is 0 Å². The van der Waals surface area contributed by atoms with E-state index in [2.05, 4.69) is 16.4 Å². The molecular weight excluding hydrogens is 384 g/mol. The van der Waals surface area contributed by atoms with E-state index in [1.165, 1.54) is 18.5 Å². The van der Waals surface area contributed by atoms with E-state index < -0.39 is 17.7 Å². The van der Waals surface area contributed by atoms with Crippen LogP contribution in [0.15, 0.2) is 36.7 Å². The number of hydrogen-bond acceptors (Lipinski definition) is 5. The van der Waals surface area contributed by atoms with Gasteiger partial charge in [0.1, 0.15) is 5.75 Å². The lowest BCUT2D eigenvalue weighted by Gasteiger charge is -2.36. The number of likely N-dealkylation sites (tertiary alicyclic amines) is 1. The number of rotatable bonds is 3. The maximum atomic E-state index is 13.0. The highest BCUT2D eigenvalue weighted by Crippen LogP contribution is 2.35. The van der Waals surface area contributed by atoms with Crippen LogP contribution in [0.25, 0.3) is 0 Å². The first-order chi connectivity index (χ1) is 14.5. The topological polar surface area (TPSA) is 115 Å². The number of amides is 3. The highest BCUT2D eigenvalue weighted by molar-refractivity contribution is 6.39. The first kappa shape index (κ1) is 19.9. The van der Waals surface area contributed by atoms with Gasteiger partial charge in [0.2, 0.25) is 5.91 Å². The van der Waals surface area contributed by atoms with E-state index >= 15 is 0 Å². The molecule has 3 heterocycles. The number of fused-ring (bicyclic) bond motifs is 1. The summed E-state index contributed by atoms with van der Waals surface area (Å²) in [4.78, 5) is 42.4. The first-order valence-corrected chi connectivity index (χ1v) is 10.2. The van der Waals surface area contributed by atoms with Gasteiger partial charge in [-0.25, -0.2) is 0 Å². The molecule has 2 aromatic rings. The van der Waals surface area contributed by atoms with E-state index in [1.807, 2.05) is 12.1 Å². The molecule has 0 saturated carbocycles. The lowest BCUT2D eigenvalue weighted by molar-refractivity contribution is -0.145. The van der Waals surface area contributed by atoms with Gasteiger partial charge in [-0.15, -0.1) is 0 Å². The van der Waals surface area contributed by atoms with Gasteiger partial charge in [-0.1, -0.05) is 12.1 Å². The fourth-order valence-corrected chi connectivity index (χ4v) is 4.07. The minimum absolute atomic E-state index is 0.153. The van der Waals surface area contributed by atoms with Crippen molar-refractivity contribution in [1.29, 1.82) is 0 Å². The smallest absolute Gasteiger partial charge is 0.313 e. The zero-order valence-electron chi connectivity index (χ0n) is 16.6. The summed E-state index contributed by atoms with van der Waals surface area (Å²) in [7, 11) is 0. The van der Waals surface area contributed by atoms with Gasteiger partial charge in [0.15, 0.2) is 0 Å². The Morgan fingerprint density at radius 2 is 2.00 bits per heavy atom. The SMILES string of the molecule is NC(=O)c1cncc(NC(=O)C(=O)N2CCCC[C@H]2c2ccc3c(c2)CCCO3)c1. The second kappa shape index (κ2) is 8.52. The summed E-state index contributed by atoms with van der Waals surface area (Å²) >= 11 is 0. The Labute approximate surface area is 174 Å². The Morgan fingerprint density at radius 3 is 2.83 bits per heavy atom. The fraction of sp³-hybridized carbons (Fsp3) is 0.364. The number of hydrogen-bond donors (Lipinski definition) is 2. The molecule has 1 atom stereocenters. The van der Waals surface area contributed by atoms with Crippen molar-refractivity contribution in [2.24, 2.45) is 5.73 Å². The molecule has 1 aromatic carbocycles. The number of primary amides is 1. The summed E-state index contributed by atoms with van der Waals surface area (Å²) in [5.74, 6) is -1.11. The number of anilines is 1. The van der Waals surface area contributed by atoms with Crippen molar-refractivity contribution in [2.75, 3.05) is 18.5 Å². The molecule has 0 bridgehead atoms. The third-order valence-electron chi connectivity index (χ3n) is 5.56. The molecule has 0 unspecified atom stereocenters. The molecule has 8 heteroatoms. The molecular formula is C22H24N4O4. The highest BCUT2D eigenvalue weighted by Gasteiger charge is 2.32. The van der Waals surface area contributed by atoms with Crippen LogP contribution < -0.4 is 15.8 Å². The van der Waals surface area contributed by atoms with Gasteiger partial charge >= 0.3 is 11.8 Å². The summed E-state index contributed by atoms with van der Waals surface area (Å²) < 4.78 is 5.69. The van der Waals surface area contributed by atoms with Crippen molar-refractivity contribution in [2.45, 2.75) is 38.1 Å². The summed E-state index contributed by atoms with van der Waals surface area (Å²) in [5, 5.41) is 2.54. The highest BCUT2D eigenvalue weighted by atomic mass is 16.5. The third-order valence-corrected chi connectivity index (χ3v) is 5.56. The van der Waals surface area contributed by atoms with Crippen molar-refractivity contribution >= 4 is 23.4 Å². The molecule has 0 spiro atoms. The Balaban J connectivity index is 1.52. The second-order valence-electron chi connectivity index (χ2n) is 7.61. The van der Waals surface area contributed by atoms with Gasteiger partial charge in [0.05, 0.1) is 30.1 Å². The van der Waals surface area contributed by atoms with Crippen LogP contribution in [0.1, 0.15) is 53.2 Å². The third kappa shape index (κ3) is 4.12. The molecule has 3 amide bonds. The molecule has 0 radical (unpaired) electrons. The predicted molar refractivity (Wildman–Crippen MR) is 110 cm³/mol. The van der Waals surface area contributed by atoms with Crippen LogP contribution in [0.3, 0.4) is 0 Å². The fourth-order valence-electron chi connectivity index (χ4n) is 4.07. The standard InChI is InChI=1S/C22H24N4O4/c23-20(27)16-11-17(13-24-12-16)25-21(28)22(29)26-8-2-1-5-18(26)14-6-7-19-15(10-14)4-3-9-30-19/h6-7,10-13,18H,1-5,8-9H2,(H2,23,27)(H,25,28)/t18-/m0/s1. The zero-order valence-corrected chi connectivity index (χ0v) is 16.6. The van der Waals surface area contributed by atoms with E-state index in [0.29, 0.717) is 6.54 Å². The van der Waals surface area contributed by atoms with E-state index in [9.17, 15) is 14.4 Å². The van der Waals surface area contributed by atoms with Crippen LogP contribution in [0.2, 0.25) is 0 Å². The molecule has 4 rings (SSSR count). The zero-order chi connectivity index (χ0) is 21.1. The molecule has 1 saturated heterocycles. The number of piperidine rings is 1. The minimum Gasteiger partial charge on any atom is -0.493 e. The number of ether oxygens (including phenoxy) is 1. The van der Waals surface area contributed by atoms with Gasteiger partial charge in [-0.3, -0.25) is 19.4 Å². The van der Waals surface area contributed by atoms with E-state index in [0.717, 1.165) is 55.6 Å². The lowest BCUT2D eigenvalue weighted by atomic mass is 9.92. The number of benzene rings is 1. The van der Waals surface area contributed by atoms with E-state index in [4.69, 9.17) is 10.5 Å². The number of pyridine rings is 1. The molecule has 1 fully saturated rings. The molecule has 0 aliphatic carbocycles. The number of nitrogens with one attached hydrogen (secondary N) is 1. The molecule has 1 aromatic heterocycles.